The number of phenols is 1. The van der Waals surface area contributed by atoms with Crippen molar-refractivity contribution in [1.29, 1.82) is 0 Å². The molecule has 0 saturated carbocycles. The fraction of sp³-hybridized carbons (Fsp3) is 0.208. The van der Waals surface area contributed by atoms with E-state index >= 15 is 0 Å². The van der Waals surface area contributed by atoms with Crippen LogP contribution in [0.2, 0.25) is 5.15 Å². The zero-order valence-electron chi connectivity index (χ0n) is 16.9. The molecule has 0 bridgehead atoms. The molecule has 0 aliphatic heterocycles. The van der Waals surface area contributed by atoms with E-state index in [2.05, 4.69) is 4.98 Å². The molecule has 0 atom stereocenters. The number of pyridine rings is 1. The number of aromatic hydroxyl groups is 1. The number of ketones is 1. The Morgan fingerprint density at radius 3 is 2.47 bits per heavy atom. The molecule has 3 rings (SSSR count). The van der Waals surface area contributed by atoms with Crippen LogP contribution in [0.3, 0.4) is 0 Å². The largest absolute Gasteiger partial charge is 0.507 e. The Labute approximate surface area is 181 Å². The van der Waals surface area contributed by atoms with Gasteiger partial charge in [-0.2, -0.15) is 0 Å². The Hall–Kier alpha value is -3.18. The Kier molecular flexibility index (Phi) is 6.85. The van der Waals surface area contributed by atoms with Gasteiger partial charge in [0.2, 0.25) is 5.91 Å². The lowest BCUT2D eigenvalue weighted by Crippen LogP contribution is -2.24. The van der Waals surface area contributed by atoms with Crippen molar-refractivity contribution in [3.05, 3.63) is 77.1 Å². The van der Waals surface area contributed by atoms with Crippen molar-refractivity contribution in [3.8, 4) is 16.9 Å². The lowest BCUT2D eigenvalue weighted by molar-refractivity contribution is -0.118. The summed E-state index contributed by atoms with van der Waals surface area (Å²) in [5, 5.41) is 10.9. The van der Waals surface area contributed by atoms with E-state index in [4.69, 9.17) is 11.6 Å². The molecule has 0 spiro atoms. The lowest BCUT2D eigenvalue weighted by atomic mass is 9.98. The highest BCUT2D eigenvalue weighted by molar-refractivity contribution is 6.30. The average molecular weight is 423 g/mol. The van der Waals surface area contributed by atoms with Crippen LogP contribution in [0.25, 0.3) is 11.1 Å². The Balaban J connectivity index is 1.72. The highest BCUT2D eigenvalue weighted by Crippen LogP contribution is 2.31. The maximum atomic E-state index is 12.5. The lowest BCUT2D eigenvalue weighted by Gasteiger charge is -2.17. The third-order valence-corrected chi connectivity index (χ3v) is 5.36. The Morgan fingerprint density at radius 1 is 1.10 bits per heavy atom. The van der Waals surface area contributed by atoms with Gasteiger partial charge in [0.25, 0.3) is 0 Å². The van der Waals surface area contributed by atoms with Crippen LogP contribution in [0.5, 0.6) is 5.75 Å². The monoisotopic (exact) mass is 422 g/mol. The first kappa shape index (κ1) is 21.5. The number of benzene rings is 2. The van der Waals surface area contributed by atoms with Gasteiger partial charge in [-0.15, -0.1) is 0 Å². The fourth-order valence-electron chi connectivity index (χ4n) is 3.19. The van der Waals surface area contributed by atoms with Crippen molar-refractivity contribution >= 4 is 29.0 Å². The molecule has 0 saturated heterocycles. The zero-order valence-corrected chi connectivity index (χ0v) is 17.7. The van der Waals surface area contributed by atoms with E-state index in [1.54, 1.807) is 36.3 Å². The van der Waals surface area contributed by atoms with Crippen LogP contribution in [0.1, 0.15) is 35.7 Å². The number of Topliss-reactive ketones (excluding diaryl/α,β-unsaturated/α-hetero) is 1. The van der Waals surface area contributed by atoms with Gasteiger partial charge in [-0.3, -0.25) is 9.59 Å². The molecule has 1 heterocycles. The molecule has 154 valence electrons. The number of nitrogens with zero attached hydrogens (tertiary/aromatic N) is 2. The topological polar surface area (TPSA) is 70.5 Å². The number of phenolic OH excluding ortho intramolecular Hbond substituents is 1. The first-order valence-electron chi connectivity index (χ1n) is 9.73. The average Bonchev–Trinajstić information content (AvgIpc) is 2.77. The molecule has 0 radical (unpaired) electrons. The van der Waals surface area contributed by atoms with Crippen molar-refractivity contribution in [3.63, 3.8) is 0 Å². The van der Waals surface area contributed by atoms with Crippen LogP contribution in [0.4, 0.5) is 5.69 Å². The molecule has 1 aromatic heterocycles. The normalized spacial score (nSPS) is 10.6. The minimum Gasteiger partial charge on any atom is -0.507 e. The van der Waals surface area contributed by atoms with Gasteiger partial charge in [-0.05, 0) is 47.9 Å². The summed E-state index contributed by atoms with van der Waals surface area (Å²) in [7, 11) is 1.73. The highest BCUT2D eigenvalue weighted by Gasteiger charge is 2.13. The summed E-state index contributed by atoms with van der Waals surface area (Å²) in [4.78, 5) is 30.0. The molecule has 0 unspecified atom stereocenters. The van der Waals surface area contributed by atoms with E-state index in [1.165, 1.54) is 6.07 Å². The van der Waals surface area contributed by atoms with Crippen molar-refractivity contribution in [1.82, 2.24) is 4.98 Å². The number of rotatable bonds is 7. The summed E-state index contributed by atoms with van der Waals surface area (Å²) in [6, 6.07) is 15.9. The third kappa shape index (κ3) is 4.86. The van der Waals surface area contributed by atoms with Crippen LogP contribution >= 0.6 is 11.6 Å². The number of halogens is 1. The quantitative estimate of drug-likeness (QED) is 0.414. The second-order valence-electron chi connectivity index (χ2n) is 6.96. The molecular weight excluding hydrogens is 400 g/mol. The van der Waals surface area contributed by atoms with Crippen molar-refractivity contribution in [2.24, 2.45) is 0 Å². The van der Waals surface area contributed by atoms with Gasteiger partial charge in [0.15, 0.2) is 5.78 Å². The molecule has 1 N–H and O–H groups in total. The molecule has 6 heteroatoms. The number of aromatic nitrogens is 1. The summed E-state index contributed by atoms with van der Waals surface area (Å²) in [6.07, 6.45) is 2.80. The SMILES string of the molecule is CCC(=O)N(C)c1ccc(-c2ccc(C(=O)CCc3cccnc3Cl)cc2O)cc1. The number of amides is 1. The van der Waals surface area contributed by atoms with E-state index in [-0.39, 0.29) is 23.9 Å². The summed E-state index contributed by atoms with van der Waals surface area (Å²) < 4.78 is 0. The van der Waals surface area contributed by atoms with Gasteiger partial charge in [0, 0.05) is 42.9 Å². The second kappa shape index (κ2) is 9.55. The second-order valence-corrected chi connectivity index (χ2v) is 7.32. The van der Waals surface area contributed by atoms with Gasteiger partial charge in [0.05, 0.1) is 0 Å². The van der Waals surface area contributed by atoms with Crippen LogP contribution in [0.15, 0.2) is 60.8 Å². The predicted molar refractivity (Wildman–Crippen MR) is 119 cm³/mol. The molecule has 0 fully saturated rings. The van der Waals surface area contributed by atoms with E-state index in [0.717, 1.165) is 16.8 Å². The van der Waals surface area contributed by atoms with Gasteiger partial charge < -0.3 is 10.0 Å². The van der Waals surface area contributed by atoms with Gasteiger partial charge in [0.1, 0.15) is 10.9 Å². The molecule has 0 aliphatic carbocycles. The van der Waals surface area contributed by atoms with Crippen LogP contribution in [-0.2, 0) is 11.2 Å². The first-order chi connectivity index (χ1) is 14.4. The number of carbonyl (C=O) groups is 2. The Bertz CT molecular complexity index is 1060. The van der Waals surface area contributed by atoms with E-state index in [9.17, 15) is 14.7 Å². The van der Waals surface area contributed by atoms with Crippen LogP contribution in [-0.4, -0.2) is 28.8 Å². The number of carbonyl (C=O) groups excluding carboxylic acids is 2. The zero-order chi connectivity index (χ0) is 21.7. The predicted octanol–water partition coefficient (Wildman–Crippen LogP) is 5.30. The Morgan fingerprint density at radius 2 is 1.83 bits per heavy atom. The van der Waals surface area contributed by atoms with Gasteiger partial charge in [-0.25, -0.2) is 4.98 Å². The van der Waals surface area contributed by atoms with Crippen LogP contribution in [0, 0.1) is 0 Å². The third-order valence-electron chi connectivity index (χ3n) is 5.02. The van der Waals surface area contributed by atoms with E-state index < -0.39 is 0 Å². The number of hydrogen-bond acceptors (Lipinski definition) is 4. The van der Waals surface area contributed by atoms with E-state index in [0.29, 0.717) is 29.1 Å². The molecule has 5 nitrogen and oxygen atoms in total. The number of hydrogen-bond donors (Lipinski definition) is 1. The van der Waals surface area contributed by atoms with Gasteiger partial charge in [-0.1, -0.05) is 42.8 Å². The minimum absolute atomic E-state index is 0.0287. The molecular formula is C24H23ClN2O3. The molecule has 2 aromatic carbocycles. The molecule has 1 amide bonds. The minimum atomic E-state index is -0.0770. The van der Waals surface area contributed by atoms with Crippen molar-refractivity contribution < 1.29 is 14.7 Å². The van der Waals surface area contributed by atoms with Crippen LogP contribution < -0.4 is 4.90 Å². The van der Waals surface area contributed by atoms with Gasteiger partial charge >= 0.3 is 0 Å². The smallest absolute Gasteiger partial charge is 0.226 e. The maximum Gasteiger partial charge on any atom is 0.226 e. The molecule has 30 heavy (non-hydrogen) atoms. The number of anilines is 1. The maximum absolute atomic E-state index is 12.5. The molecule has 0 aliphatic rings. The van der Waals surface area contributed by atoms with E-state index in [1.807, 2.05) is 37.3 Å². The number of aryl methyl sites for hydroxylation is 1. The van der Waals surface area contributed by atoms with Crippen molar-refractivity contribution in [2.75, 3.05) is 11.9 Å². The summed E-state index contributed by atoms with van der Waals surface area (Å²) in [6.45, 7) is 1.82. The fourth-order valence-corrected chi connectivity index (χ4v) is 3.41. The first-order valence-corrected chi connectivity index (χ1v) is 10.1. The standard InChI is InChI=1S/C24H23ClN2O3/c1-3-23(30)27(2)19-10-6-16(7-11-19)20-12-8-18(15-22(20)29)21(28)13-9-17-5-4-14-26-24(17)25/h4-8,10-12,14-15,29H,3,9,13H2,1-2H3. The summed E-state index contributed by atoms with van der Waals surface area (Å²) >= 11 is 6.04. The summed E-state index contributed by atoms with van der Waals surface area (Å²) in [5.41, 5.74) is 3.47. The highest BCUT2D eigenvalue weighted by atomic mass is 35.5. The summed E-state index contributed by atoms with van der Waals surface area (Å²) in [5.74, 6) is -0.0150. The van der Waals surface area contributed by atoms with Crippen molar-refractivity contribution in [2.45, 2.75) is 26.2 Å². The molecule has 3 aromatic rings.